The topological polar surface area (TPSA) is 119 Å². The lowest BCUT2D eigenvalue weighted by Crippen LogP contribution is -2.37. The fourth-order valence-corrected chi connectivity index (χ4v) is 5.04. The first kappa shape index (κ1) is 25.8. The number of hydroxylamine groups is 1. The molecular weight excluding hydrogens is 533 g/mol. The summed E-state index contributed by atoms with van der Waals surface area (Å²) in [5, 5.41) is 12.8. The van der Waals surface area contributed by atoms with Crippen molar-refractivity contribution < 1.29 is 33.3 Å². The summed E-state index contributed by atoms with van der Waals surface area (Å²) >= 11 is 0. The highest BCUT2D eigenvalue weighted by molar-refractivity contribution is 6.23. The molecule has 2 aliphatic heterocycles. The van der Waals surface area contributed by atoms with Gasteiger partial charge in [0.05, 0.1) is 27.9 Å². The SMILES string of the molecule is O=C(Oc1ccc([C@H]2[C@H]3C(=O)N(c4ccc(F)cc4)C(=O)[C@H]3ON2c2cccc([N+](=O)[O-])c2)cc1)c1ccccc1. The molecule has 10 nitrogen and oxygen atoms in total. The average Bonchev–Trinajstić information content (AvgIpc) is 3.50. The molecule has 0 bridgehead atoms. The fraction of sp³-hybridized carbons (Fsp3) is 0.100. The smallest absolute Gasteiger partial charge is 0.343 e. The van der Waals surface area contributed by atoms with Crippen LogP contribution in [-0.4, -0.2) is 28.8 Å². The molecule has 3 atom stereocenters. The van der Waals surface area contributed by atoms with Gasteiger partial charge in [-0.1, -0.05) is 36.4 Å². The highest BCUT2D eigenvalue weighted by atomic mass is 19.1. The Balaban J connectivity index is 1.35. The number of non-ortho nitro benzene ring substituents is 1. The number of hydrogen-bond acceptors (Lipinski definition) is 8. The zero-order valence-corrected chi connectivity index (χ0v) is 21.1. The van der Waals surface area contributed by atoms with Crippen LogP contribution >= 0.6 is 0 Å². The number of carbonyl (C=O) groups excluding carboxylic acids is 3. The van der Waals surface area contributed by atoms with Crippen LogP contribution in [0.4, 0.5) is 21.5 Å². The summed E-state index contributed by atoms with van der Waals surface area (Å²) in [5.41, 5.74) is 1.17. The third-order valence-corrected chi connectivity index (χ3v) is 6.94. The molecule has 4 aromatic rings. The monoisotopic (exact) mass is 553 g/mol. The summed E-state index contributed by atoms with van der Waals surface area (Å²) < 4.78 is 19.0. The normalized spacial score (nSPS) is 19.8. The quantitative estimate of drug-likeness (QED) is 0.108. The molecule has 41 heavy (non-hydrogen) atoms. The Labute approximate surface area is 232 Å². The summed E-state index contributed by atoms with van der Waals surface area (Å²) in [6.45, 7) is 0. The van der Waals surface area contributed by atoms with E-state index in [4.69, 9.17) is 9.57 Å². The number of hydrogen-bond donors (Lipinski definition) is 0. The van der Waals surface area contributed by atoms with Crippen LogP contribution in [-0.2, 0) is 14.4 Å². The second kappa shape index (κ2) is 10.3. The van der Waals surface area contributed by atoms with Crippen LogP contribution in [0.1, 0.15) is 22.0 Å². The van der Waals surface area contributed by atoms with Crippen molar-refractivity contribution in [3.8, 4) is 5.75 Å². The summed E-state index contributed by atoms with van der Waals surface area (Å²) in [6.07, 6.45) is -1.23. The van der Waals surface area contributed by atoms with Gasteiger partial charge >= 0.3 is 5.97 Å². The van der Waals surface area contributed by atoms with E-state index < -0.39 is 46.6 Å². The van der Waals surface area contributed by atoms with Gasteiger partial charge < -0.3 is 4.74 Å². The average molecular weight is 554 g/mol. The van der Waals surface area contributed by atoms with E-state index >= 15 is 0 Å². The number of nitro benzene ring substituents is 1. The Hall–Kier alpha value is -5.42. The lowest BCUT2D eigenvalue weighted by atomic mass is 9.90. The number of anilines is 2. The highest BCUT2D eigenvalue weighted by Crippen LogP contribution is 2.48. The number of imide groups is 1. The van der Waals surface area contributed by atoms with Crippen molar-refractivity contribution in [1.29, 1.82) is 0 Å². The first-order chi connectivity index (χ1) is 19.8. The van der Waals surface area contributed by atoms with Gasteiger partial charge in [0.15, 0.2) is 6.10 Å². The Kier molecular flexibility index (Phi) is 6.48. The van der Waals surface area contributed by atoms with Gasteiger partial charge in [0.1, 0.15) is 17.5 Å². The van der Waals surface area contributed by atoms with E-state index in [9.17, 15) is 28.9 Å². The number of nitro groups is 1. The summed E-state index contributed by atoms with van der Waals surface area (Å²) in [6, 6.07) is 24.6. The lowest BCUT2D eigenvalue weighted by molar-refractivity contribution is -0.384. The van der Waals surface area contributed by atoms with Crippen LogP contribution in [0.5, 0.6) is 5.75 Å². The highest BCUT2D eigenvalue weighted by Gasteiger charge is 2.60. The molecule has 2 amide bonds. The lowest BCUT2D eigenvalue weighted by Gasteiger charge is -2.28. The molecule has 4 aromatic carbocycles. The van der Waals surface area contributed by atoms with Gasteiger partial charge in [0.25, 0.3) is 11.6 Å². The fourth-order valence-electron chi connectivity index (χ4n) is 5.04. The van der Waals surface area contributed by atoms with Crippen molar-refractivity contribution in [1.82, 2.24) is 0 Å². The summed E-state index contributed by atoms with van der Waals surface area (Å²) in [7, 11) is 0. The number of benzene rings is 4. The predicted molar refractivity (Wildman–Crippen MR) is 143 cm³/mol. The zero-order chi connectivity index (χ0) is 28.7. The molecule has 204 valence electrons. The number of carbonyl (C=O) groups is 3. The molecule has 2 fully saturated rings. The number of nitrogens with zero attached hydrogens (tertiary/aromatic N) is 3. The van der Waals surface area contributed by atoms with Gasteiger partial charge in [-0.25, -0.2) is 19.1 Å². The van der Waals surface area contributed by atoms with E-state index in [-0.39, 0.29) is 22.8 Å². The third-order valence-electron chi connectivity index (χ3n) is 6.94. The zero-order valence-electron chi connectivity index (χ0n) is 21.1. The molecule has 0 aliphatic carbocycles. The number of esters is 1. The molecular formula is C30H20FN3O7. The van der Waals surface area contributed by atoms with Crippen LogP contribution in [0, 0.1) is 21.8 Å². The molecule has 0 radical (unpaired) electrons. The van der Waals surface area contributed by atoms with Crippen LogP contribution in [0.25, 0.3) is 0 Å². The predicted octanol–water partition coefficient (Wildman–Crippen LogP) is 5.00. The second-order valence-corrected chi connectivity index (χ2v) is 9.41. The third kappa shape index (κ3) is 4.68. The van der Waals surface area contributed by atoms with Gasteiger partial charge in [-0.15, -0.1) is 0 Å². The van der Waals surface area contributed by atoms with Gasteiger partial charge in [-0.2, -0.15) is 0 Å². The van der Waals surface area contributed by atoms with Gasteiger partial charge in [0.2, 0.25) is 5.91 Å². The minimum Gasteiger partial charge on any atom is -0.423 e. The molecule has 2 saturated heterocycles. The van der Waals surface area contributed by atoms with E-state index in [1.807, 2.05) is 0 Å². The largest absolute Gasteiger partial charge is 0.423 e. The molecule has 0 saturated carbocycles. The Bertz CT molecular complexity index is 1660. The molecule has 2 aliphatic rings. The van der Waals surface area contributed by atoms with Crippen molar-refractivity contribution in [2.45, 2.75) is 12.1 Å². The van der Waals surface area contributed by atoms with E-state index in [0.29, 0.717) is 11.1 Å². The Morgan fingerprint density at radius 2 is 1.56 bits per heavy atom. The van der Waals surface area contributed by atoms with Crippen LogP contribution in [0.15, 0.2) is 103 Å². The number of halogens is 1. The van der Waals surface area contributed by atoms with Crippen molar-refractivity contribution in [3.05, 3.63) is 130 Å². The maximum Gasteiger partial charge on any atom is 0.343 e. The number of rotatable bonds is 6. The van der Waals surface area contributed by atoms with E-state index in [0.717, 1.165) is 17.0 Å². The molecule has 0 aromatic heterocycles. The van der Waals surface area contributed by atoms with Crippen molar-refractivity contribution in [2.24, 2.45) is 5.92 Å². The van der Waals surface area contributed by atoms with Gasteiger partial charge in [0, 0.05) is 12.1 Å². The molecule has 6 rings (SSSR count). The summed E-state index contributed by atoms with van der Waals surface area (Å²) in [5.74, 6) is -3.05. The second-order valence-electron chi connectivity index (χ2n) is 9.41. The number of fused-ring (bicyclic) bond motifs is 1. The van der Waals surface area contributed by atoms with Crippen LogP contribution in [0.2, 0.25) is 0 Å². The standard InChI is InChI=1S/C30H20FN3O7/c31-20-11-13-21(14-12-20)32-28(35)25-26(18-9-15-24(16-10-18)40-30(37)19-5-2-1-3-6-19)33(41-27(25)29(32)36)22-7-4-8-23(17-22)34(38)39/h1-17,25-27H/t25-,26+,27+/m1/s1. The van der Waals surface area contributed by atoms with Crippen molar-refractivity contribution in [2.75, 3.05) is 9.96 Å². The van der Waals surface area contributed by atoms with Crippen molar-refractivity contribution >= 4 is 34.8 Å². The first-order valence-electron chi connectivity index (χ1n) is 12.5. The number of amides is 2. The maximum atomic E-state index is 13.7. The van der Waals surface area contributed by atoms with Crippen LogP contribution in [0.3, 0.4) is 0 Å². The summed E-state index contributed by atoms with van der Waals surface area (Å²) in [4.78, 5) is 57.5. The molecule has 11 heteroatoms. The minimum absolute atomic E-state index is 0.197. The van der Waals surface area contributed by atoms with Gasteiger partial charge in [-0.05, 0) is 60.2 Å². The number of ether oxygens (including phenoxy) is 1. The van der Waals surface area contributed by atoms with E-state index in [2.05, 4.69) is 0 Å². The molecule has 0 N–H and O–H groups in total. The van der Waals surface area contributed by atoms with E-state index in [1.165, 1.54) is 35.4 Å². The minimum atomic E-state index is -1.23. The first-order valence-corrected chi connectivity index (χ1v) is 12.5. The Morgan fingerprint density at radius 1 is 0.854 bits per heavy atom. The van der Waals surface area contributed by atoms with Crippen molar-refractivity contribution in [3.63, 3.8) is 0 Å². The molecule has 0 unspecified atom stereocenters. The Morgan fingerprint density at radius 3 is 2.24 bits per heavy atom. The van der Waals surface area contributed by atoms with Crippen LogP contribution < -0.4 is 14.7 Å². The molecule has 0 spiro atoms. The molecule has 2 heterocycles. The maximum absolute atomic E-state index is 13.7. The van der Waals surface area contributed by atoms with E-state index in [1.54, 1.807) is 60.7 Å². The van der Waals surface area contributed by atoms with Gasteiger partial charge in [-0.3, -0.25) is 24.5 Å².